The highest BCUT2D eigenvalue weighted by Crippen LogP contribution is 2.31. The quantitative estimate of drug-likeness (QED) is 0.460. The number of rotatable bonds is 8. The second-order valence-electron chi connectivity index (χ2n) is 6.81. The Morgan fingerprint density at radius 2 is 1.62 bits per heavy atom. The van der Waals surface area contributed by atoms with E-state index in [1.165, 1.54) is 24.3 Å². The molecule has 0 bridgehead atoms. The maximum atomic E-state index is 12.9. The van der Waals surface area contributed by atoms with Crippen molar-refractivity contribution in [3.63, 3.8) is 0 Å². The van der Waals surface area contributed by atoms with Gasteiger partial charge < -0.3 is 15.8 Å². The molecule has 3 aromatic carbocycles. The van der Waals surface area contributed by atoms with E-state index in [9.17, 15) is 18.0 Å². The molecule has 0 fully saturated rings. The number of nitrogens with two attached hydrogens (primary N) is 1. The van der Waals surface area contributed by atoms with Crippen LogP contribution < -0.4 is 20.5 Å². The third-order valence-electron chi connectivity index (χ3n) is 4.32. The Labute approximate surface area is 190 Å². The van der Waals surface area contributed by atoms with Crippen LogP contribution in [0.1, 0.15) is 15.9 Å². The summed E-state index contributed by atoms with van der Waals surface area (Å²) < 4.78 is 33.4. The molecule has 32 heavy (non-hydrogen) atoms. The molecule has 2 amide bonds. The van der Waals surface area contributed by atoms with E-state index in [1.807, 2.05) is 6.07 Å². The fourth-order valence-electron chi connectivity index (χ4n) is 2.77. The van der Waals surface area contributed by atoms with Crippen LogP contribution in [-0.4, -0.2) is 26.8 Å². The number of hydrogen-bond donors (Lipinski definition) is 3. The Hall–Kier alpha value is -3.56. The molecule has 0 aromatic heterocycles. The number of anilines is 2. The van der Waals surface area contributed by atoms with Gasteiger partial charge in [-0.05, 0) is 55.0 Å². The van der Waals surface area contributed by atoms with Crippen molar-refractivity contribution in [2.75, 3.05) is 16.6 Å². The summed E-state index contributed by atoms with van der Waals surface area (Å²) in [5.74, 6) is -0.803. The molecule has 0 saturated carbocycles. The molecule has 0 saturated heterocycles. The Bertz CT molecular complexity index is 1250. The van der Waals surface area contributed by atoms with E-state index in [0.29, 0.717) is 16.8 Å². The Morgan fingerprint density at radius 3 is 2.25 bits per heavy atom. The van der Waals surface area contributed by atoms with Crippen LogP contribution in [0.15, 0.2) is 71.6 Å². The fourth-order valence-corrected chi connectivity index (χ4v) is 4.43. The lowest BCUT2D eigenvalue weighted by atomic mass is 10.2. The minimum atomic E-state index is -4.07. The average Bonchev–Trinajstić information content (AvgIpc) is 2.74. The topological polar surface area (TPSA) is 128 Å². The number of hydrogen-bond acceptors (Lipinski definition) is 5. The monoisotopic (exact) mass is 473 g/mol. The van der Waals surface area contributed by atoms with E-state index >= 15 is 0 Å². The number of nitrogens with one attached hydrogen (secondary N) is 2. The zero-order valence-corrected chi connectivity index (χ0v) is 18.5. The molecule has 0 aliphatic carbocycles. The van der Waals surface area contributed by atoms with Crippen LogP contribution in [0.2, 0.25) is 5.02 Å². The van der Waals surface area contributed by atoms with Gasteiger partial charge in [0.2, 0.25) is 0 Å². The molecule has 166 valence electrons. The number of aryl methyl sites for hydroxylation is 1. The summed E-state index contributed by atoms with van der Waals surface area (Å²) in [5.41, 5.74) is 6.89. The molecular formula is C22H20ClN3O5S. The molecule has 0 radical (unpaired) electrons. The van der Waals surface area contributed by atoms with Gasteiger partial charge in [-0.1, -0.05) is 29.8 Å². The van der Waals surface area contributed by atoms with Crippen LogP contribution in [0.4, 0.5) is 11.4 Å². The number of benzene rings is 3. The molecule has 3 rings (SSSR count). The first kappa shape index (κ1) is 23.1. The minimum Gasteiger partial charge on any atom is -0.483 e. The number of carbonyl (C=O) groups is 2. The zero-order valence-electron chi connectivity index (χ0n) is 17.0. The van der Waals surface area contributed by atoms with Crippen molar-refractivity contribution in [3.8, 4) is 5.75 Å². The largest absolute Gasteiger partial charge is 0.483 e. The molecule has 3 aromatic rings. The van der Waals surface area contributed by atoms with E-state index in [-0.39, 0.29) is 27.3 Å². The van der Waals surface area contributed by atoms with Gasteiger partial charge in [0, 0.05) is 23.0 Å². The lowest BCUT2D eigenvalue weighted by Gasteiger charge is -2.14. The van der Waals surface area contributed by atoms with E-state index in [1.54, 1.807) is 43.3 Å². The van der Waals surface area contributed by atoms with Gasteiger partial charge in [-0.25, -0.2) is 8.42 Å². The van der Waals surface area contributed by atoms with Crippen molar-refractivity contribution in [1.29, 1.82) is 0 Å². The average molecular weight is 474 g/mol. The minimum absolute atomic E-state index is 0.00632. The van der Waals surface area contributed by atoms with Gasteiger partial charge in [0.15, 0.2) is 6.61 Å². The van der Waals surface area contributed by atoms with Gasteiger partial charge in [0.1, 0.15) is 10.6 Å². The van der Waals surface area contributed by atoms with Crippen molar-refractivity contribution in [1.82, 2.24) is 0 Å². The number of amides is 2. The lowest BCUT2D eigenvalue weighted by molar-refractivity contribution is -0.119. The number of halogens is 1. The molecule has 0 aliphatic rings. The van der Waals surface area contributed by atoms with E-state index in [2.05, 4.69) is 10.0 Å². The molecule has 0 heterocycles. The zero-order chi connectivity index (χ0) is 23.3. The van der Waals surface area contributed by atoms with Crippen LogP contribution in [0.3, 0.4) is 0 Å². The normalized spacial score (nSPS) is 10.9. The summed E-state index contributed by atoms with van der Waals surface area (Å²) in [6, 6.07) is 17.5. The molecule has 0 unspecified atom stereocenters. The molecule has 0 spiro atoms. The smallest absolute Gasteiger partial charge is 0.263 e. The van der Waals surface area contributed by atoms with Gasteiger partial charge in [-0.2, -0.15) is 0 Å². The Balaban J connectivity index is 1.76. The third-order valence-corrected chi connectivity index (χ3v) is 6.17. The number of primary amides is 1. The molecule has 0 atom stereocenters. The summed E-state index contributed by atoms with van der Waals surface area (Å²) in [5, 5.41) is 2.73. The standard InChI is InChI=1S/C22H20ClN3O5S/c1-14-11-18(23)20(12-19(14)31-13-21(24)27)32(29,30)26-17-9-7-16(8-10-17)25-22(28)15-5-3-2-4-6-15/h2-12,26H,13H2,1H3,(H2,24,27)(H,25,28). The van der Waals surface area contributed by atoms with Gasteiger partial charge in [0.25, 0.3) is 21.8 Å². The summed E-state index contributed by atoms with van der Waals surface area (Å²) in [7, 11) is -4.07. The van der Waals surface area contributed by atoms with Crippen molar-refractivity contribution in [2.24, 2.45) is 5.73 Å². The van der Waals surface area contributed by atoms with Crippen LogP contribution in [0.5, 0.6) is 5.75 Å². The van der Waals surface area contributed by atoms with Crippen molar-refractivity contribution < 1.29 is 22.7 Å². The van der Waals surface area contributed by atoms with E-state index in [0.717, 1.165) is 0 Å². The lowest BCUT2D eigenvalue weighted by Crippen LogP contribution is -2.20. The summed E-state index contributed by atoms with van der Waals surface area (Å²) >= 11 is 6.14. The SMILES string of the molecule is Cc1cc(Cl)c(S(=O)(=O)Nc2ccc(NC(=O)c3ccccc3)cc2)cc1OCC(N)=O. The first-order chi connectivity index (χ1) is 15.2. The highest BCUT2D eigenvalue weighted by atomic mass is 35.5. The maximum absolute atomic E-state index is 12.9. The van der Waals surface area contributed by atoms with Crippen LogP contribution in [0, 0.1) is 6.92 Å². The second-order valence-corrected chi connectivity index (χ2v) is 8.86. The molecule has 10 heteroatoms. The third kappa shape index (κ3) is 5.77. The fraction of sp³-hybridized carbons (Fsp3) is 0.0909. The molecule has 4 N–H and O–H groups in total. The van der Waals surface area contributed by atoms with E-state index < -0.39 is 22.5 Å². The van der Waals surface area contributed by atoms with Crippen LogP contribution in [-0.2, 0) is 14.8 Å². The van der Waals surface area contributed by atoms with Gasteiger partial charge in [0.05, 0.1) is 5.02 Å². The summed E-state index contributed by atoms with van der Waals surface area (Å²) in [6.07, 6.45) is 0. The number of ether oxygens (including phenoxy) is 1. The first-order valence-electron chi connectivity index (χ1n) is 9.36. The molecule has 0 aliphatic heterocycles. The highest BCUT2D eigenvalue weighted by molar-refractivity contribution is 7.92. The number of carbonyl (C=O) groups excluding carboxylic acids is 2. The van der Waals surface area contributed by atoms with Gasteiger partial charge in [-0.15, -0.1) is 0 Å². The van der Waals surface area contributed by atoms with Crippen molar-refractivity contribution >= 4 is 44.8 Å². The predicted molar refractivity (Wildman–Crippen MR) is 123 cm³/mol. The summed E-state index contributed by atoms with van der Waals surface area (Å²) in [4.78, 5) is 23.0. The van der Waals surface area contributed by atoms with Crippen LogP contribution >= 0.6 is 11.6 Å². The Kier molecular flexibility index (Phi) is 7.01. The number of sulfonamides is 1. The highest BCUT2D eigenvalue weighted by Gasteiger charge is 2.21. The Morgan fingerprint density at radius 1 is 1.00 bits per heavy atom. The first-order valence-corrected chi connectivity index (χ1v) is 11.2. The maximum Gasteiger partial charge on any atom is 0.263 e. The van der Waals surface area contributed by atoms with Crippen LogP contribution in [0.25, 0.3) is 0 Å². The van der Waals surface area contributed by atoms with Crippen molar-refractivity contribution in [2.45, 2.75) is 11.8 Å². The molecular weight excluding hydrogens is 454 g/mol. The van der Waals surface area contributed by atoms with Gasteiger partial charge >= 0.3 is 0 Å². The predicted octanol–water partition coefficient (Wildman–Crippen LogP) is 3.57. The van der Waals surface area contributed by atoms with Crippen molar-refractivity contribution in [3.05, 3.63) is 82.9 Å². The second kappa shape index (κ2) is 9.71. The molecule has 8 nitrogen and oxygen atoms in total. The summed E-state index contributed by atoms with van der Waals surface area (Å²) in [6.45, 7) is 1.26. The van der Waals surface area contributed by atoms with Gasteiger partial charge in [-0.3, -0.25) is 14.3 Å². The van der Waals surface area contributed by atoms with E-state index in [4.69, 9.17) is 22.1 Å².